The van der Waals surface area contributed by atoms with E-state index in [0.717, 1.165) is 15.4 Å². The first kappa shape index (κ1) is 36.0. The van der Waals surface area contributed by atoms with Crippen molar-refractivity contribution in [2.45, 2.75) is 57.1 Å². The van der Waals surface area contributed by atoms with Crippen molar-refractivity contribution in [3.8, 4) is 5.75 Å². The van der Waals surface area contributed by atoms with Crippen molar-refractivity contribution < 1.29 is 22.7 Å². The maximum absolute atomic E-state index is 14.6. The number of nitrogens with zero attached hydrogens (tertiary/aromatic N) is 2. The maximum atomic E-state index is 14.6. The SMILES string of the molecule is COc1ccc(S(=O)(=O)N(CC(=O)N(Cc2ccccc2Cl)C(Cc2ccccc2)C(=O)NC(C)(C)C)c2ccc(C)cc2)cc1Br. The van der Waals surface area contributed by atoms with Crippen LogP contribution in [0.5, 0.6) is 5.75 Å². The molecule has 248 valence electrons. The molecule has 0 fully saturated rings. The van der Waals surface area contributed by atoms with Gasteiger partial charge in [0, 0.05) is 23.5 Å². The van der Waals surface area contributed by atoms with Crippen molar-refractivity contribution in [1.29, 1.82) is 0 Å². The Morgan fingerprint density at radius 2 is 1.57 bits per heavy atom. The highest BCUT2D eigenvalue weighted by Gasteiger charge is 2.36. The minimum absolute atomic E-state index is 0.0244. The van der Waals surface area contributed by atoms with E-state index >= 15 is 0 Å². The third kappa shape index (κ3) is 9.37. The van der Waals surface area contributed by atoms with Crippen molar-refractivity contribution in [1.82, 2.24) is 10.2 Å². The molecule has 0 aromatic heterocycles. The number of rotatable bonds is 12. The molecule has 0 radical (unpaired) electrons. The molecule has 0 aliphatic heterocycles. The molecule has 4 aromatic rings. The Morgan fingerprint density at radius 1 is 0.936 bits per heavy atom. The second-order valence-corrected chi connectivity index (χ2v) is 15.3. The van der Waals surface area contributed by atoms with Gasteiger partial charge in [-0.05, 0) is 91.1 Å². The first-order valence-electron chi connectivity index (χ1n) is 15.0. The molecule has 0 aliphatic carbocycles. The average Bonchev–Trinajstić information content (AvgIpc) is 3.02. The van der Waals surface area contributed by atoms with Gasteiger partial charge in [0.1, 0.15) is 18.3 Å². The van der Waals surface area contributed by atoms with Crippen LogP contribution in [0.25, 0.3) is 0 Å². The Kier molecular flexibility index (Phi) is 11.8. The van der Waals surface area contributed by atoms with E-state index in [1.807, 2.05) is 58.0 Å². The van der Waals surface area contributed by atoms with Crippen LogP contribution in [-0.2, 0) is 32.6 Å². The molecule has 0 saturated carbocycles. The van der Waals surface area contributed by atoms with E-state index in [4.69, 9.17) is 16.3 Å². The molecule has 0 saturated heterocycles. The molecule has 11 heteroatoms. The number of sulfonamides is 1. The van der Waals surface area contributed by atoms with Crippen LogP contribution in [-0.4, -0.2) is 50.4 Å². The highest BCUT2D eigenvalue weighted by Crippen LogP contribution is 2.31. The number of nitrogens with one attached hydrogen (secondary N) is 1. The summed E-state index contributed by atoms with van der Waals surface area (Å²) >= 11 is 9.96. The standard InChI is InChI=1S/C36H39BrClN3O5S/c1-25-15-17-28(18-16-25)41(47(44,45)29-19-20-33(46-5)30(37)22-29)24-34(42)40(23-27-13-9-10-14-31(27)38)32(35(43)39-36(2,3)4)21-26-11-7-6-8-12-26/h6-20,22,32H,21,23-24H2,1-5H3,(H,39,43). The average molecular weight is 741 g/mol. The van der Waals surface area contributed by atoms with E-state index in [9.17, 15) is 18.0 Å². The van der Waals surface area contributed by atoms with E-state index in [2.05, 4.69) is 21.2 Å². The van der Waals surface area contributed by atoms with Crippen LogP contribution in [0.1, 0.15) is 37.5 Å². The molecule has 4 aromatic carbocycles. The van der Waals surface area contributed by atoms with E-state index in [1.165, 1.54) is 24.1 Å². The van der Waals surface area contributed by atoms with Gasteiger partial charge in [0.15, 0.2) is 0 Å². The first-order valence-corrected chi connectivity index (χ1v) is 17.6. The fourth-order valence-electron chi connectivity index (χ4n) is 4.99. The number of methoxy groups -OCH3 is 1. The second kappa shape index (κ2) is 15.4. The van der Waals surface area contributed by atoms with Crippen molar-refractivity contribution in [2.24, 2.45) is 0 Å². The number of anilines is 1. The molecule has 47 heavy (non-hydrogen) atoms. The predicted molar refractivity (Wildman–Crippen MR) is 190 cm³/mol. The van der Waals surface area contributed by atoms with Crippen LogP contribution < -0.4 is 14.4 Å². The number of benzene rings is 4. The third-order valence-corrected chi connectivity index (χ3v) is 10.1. The van der Waals surface area contributed by atoms with Gasteiger partial charge in [-0.2, -0.15) is 0 Å². The minimum atomic E-state index is -4.28. The summed E-state index contributed by atoms with van der Waals surface area (Å²) in [6.45, 7) is 6.88. The van der Waals surface area contributed by atoms with Crippen LogP contribution in [0.15, 0.2) is 106 Å². The van der Waals surface area contributed by atoms with Gasteiger partial charge < -0.3 is 15.0 Å². The number of amides is 2. The van der Waals surface area contributed by atoms with Gasteiger partial charge >= 0.3 is 0 Å². The molecule has 8 nitrogen and oxygen atoms in total. The lowest BCUT2D eigenvalue weighted by Crippen LogP contribution is -2.56. The van der Waals surface area contributed by atoms with E-state index in [-0.39, 0.29) is 23.8 Å². The molecular weight excluding hydrogens is 702 g/mol. The maximum Gasteiger partial charge on any atom is 0.264 e. The van der Waals surface area contributed by atoms with Gasteiger partial charge in [-0.25, -0.2) is 8.42 Å². The summed E-state index contributed by atoms with van der Waals surface area (Å²) < 4.78 is 35.4. The van der Waals surface area contributed by atoms with Gasteiger partial charge in [-0.15, -0.1) is 0 Å². The molecular formula is C36H39BrClN3O5S. The molecule has 0 aliphatic rings. The Labute approximate surface area is 290 Å². The predicted octanol–water partition coefficient (Wildman–Crippen LogP) is 7.17. The van der Waals surface area contributed by atoms with E-state index in [0.29, 0.717) is 26.5 Å². The fraction of sp³-hybridized carbons (Fsp3) is 0.278. The molecule has 0 heterocycles. The molecule has 2 amide bonds. The lowest BCUT2D eigenvalue weighted by molar-refractivity contribution is -0.140. The normalized spacial score (nSPS) is 12.2. The quantitative estimate of drug-likeness (QED) is 0.166. The largest absolute Gasteiger partial charge is 0.496 e. The number of hydrogen-bond acceptors (Lipinski definition) is 5. The van der Waals surface area contributed by atoms with Crippen LogP contribution in [0.4, 0.5) is 5.69 Å². The molecule has 1 atom stereocenters. The van der Waals surface area contributed by atoms with Crippen LogP contribution >= 0.6 is 27.5 Å². The number of carbonyl (C=O) groups excluding carboxylic acids is 2. The zero-order valence-electron chi connectivity index (χ0n) is 27.0. The second-order valence-electron chi connectivity index (χ2n) is 12.2. The zero-order valence-corrected chi connectivity index (χ0v) is 30.2. The van der Waals surface area contributed by atoms with Crippen LogP contribution in [0, 0.1) is 6.92 Å². The number of hydrogen-bond donors (Lipinski definition) is 1. The minimum Gasteiger partial charge on any atom is -0.496 e. The van der Waals surface area contributed by atoms with Crippen molar-refractivity contribution in [3.05, 3.63) is 123 Å². The zero-order chi connectivity index (χ0) is 34.4. The third-order valence-electron chi connectivity index (χ3n) is 7.38. The summed E-state index contributed by atoms with van der Waals surface area (Å²) in [6.07, 6.45) is 0.196. The van der Waals surface area contributed by atoms with Gasteiger partial charge in [0.2, 0.25) is 11.8 Å². The number of carbonyl (C=O) groups is 2. The molecule has 0 bridgehead atoms. The summed E-state index contributed by atoms with van der Waals surface area (Å²) in [5, 5.41) is 3.45. The molecule has 1 unspecified atom stereocenters. The lowest BCUT2D eigenvalue weighted by Gasteiger charge is -2.35. The Morgan fingerprint density at radius 3 is 2.17 bits per heavy atom. The first-order chi connectivity index (χ1) is 22.2. The highest BCUT2D eigenvalue weighted by molar-refractivity contribution is 9.10. The Balaban J connectivity index is 1.84. The molecule has 1 N–H and O–H groups in total. The molecule has 4 rings (SSSR count). The highest BCUT2D eigenvalue weighted by atomic mass is 79.9. The Hall–Kier alpha value is -3.86. The smallest absolute Gasteiger partial charge is 0.264 e. The van der Waals surface area contributed by atoms with Gasteiger partial charge in [-0.1, -0.05) is 77.8 Å². The van der Waals surface area contributed by atoms with Crippen molar-refractivity contribution >= 4 is 55.1 Å². The van der Waals surface area contributed by atoms with Gasteiger partial charge in [0.05, 0.1) is 22.2 Å². The topological polar surface area (TPSA) is 96.0 Å². The van der Waals surface area contributed by atoms with E-state index in [1.54, 1.807) is 54.6 Å². The summed E-state index contributed by atoms with van der Waals surface area (Å²) in [4.78, 5) is 30.0. The number of aryl methyl sites for hydroxylation is 1. The lowest BCUT2D eigenvalue weighted by atomic mass is 10.0. The monoisotopic (exact) mass is 739 g/mol. The van der Waals surface area contributed by atoms with Crippen molar-refractivity contribution in [2.75, 3.05) is 18.0 Å². The van der Waals surface area contributed by atoms with Crippen molar-refractivity contribution in [3.63, 3.8) is 0 Å². The summed E-state index contributed by atoms with van der Waals surface area (Å²) in [5.41, 5.74) is 2.08. The summed E-state index contributed by atoms with van der Waals surface area (Å²) in [5.74, 6) is -0.487. The van der Waals surface area contributed by atoms with E-state index < -0.39 is 34.1 Å². The fourth-order valence-corrected chi connectivity index (χ4v) is 7.32. The number of ether oxygens (including phenoxy) is 1. The molecule has 0 spiro atoms. The van der Waals surface area contributed by atoms with Gasteiger partial charge in [-0.3, -0.25) is 13.9 Å². The van der Waals surface area contributed by atoms with Gasteiger partial charge in [0.25, 0.3) is 10.0 Å². The number of halogens is 2. The Bertz CT molecular complexity index is 1810. The summed E-state index contributed by atoms with van der Waals surface area (Å²) in [7, 11) is -2.80. The van der Waals surface area contributed by atoms with Crippen LogP contribution in [0.3, 0.4) is 0 Å². The van der Waals surface area contributed by atoms with Crippen LogP contribution in [0.2, 0.25) is 5.02 Å². The summed E-state index contributed by atoms with van der Waals surface area (Å²) in [6, 6.07) is 26.8.